The van der Waals surface area contributed by atoms with Crippen LogP contribution in [-0.4, -0.2) is 23.5 Å². The number of hydrogen-bond donors (Lipinski definition) is 3. The summed E-state index contributed by atoms with van der Waals surface area (Å²) in [5.74, 6) is -0.0126. The molecule has 0 saturated heterocycles. The molecule has 9 heteroatoms. The standard InChI is InChI=1S/C22H25BrClN3O3S/c1-3-5-11-30-19-10-7-14(23)12-16(19)21(29)27-22(31)26-18-13-15(8-9-17(18)24)25-20(28)6-4-2/h7-10,12-13H,3-6,11H2,1-2H3,(H,25,28)(H2,26,27,29,31). The van der Waals surface area contributed by atoms with Gasteiger partial charge in [-0.2, -0.15) is 0 Å². The van der Waals surface area contributed by atoms with Crippen LogP contribution in [0.1, 0.15) is 49.9 Å². The molecule has 2 rings (SSSR count). The molecule has 0 aliphatic heterocycles. The van der Waals surface area contributed by atoms with Gasteiger partial charge >= 0.3 is 0 Å². The molecular weight excluding hydrogens is 502 g/mol. The van der Waals surface area contributed by atoms with Gasteiger partial charge in [0.1, 0.15) is 5.75 Å². The molecule has 0 saturated carbocycles. The van der Waals surface area contributed by atoms with Crippen LogP contribution in [0.25, 0.3) is 0 Å². The number of amides is 2. The Balaban J connectivity index is 2.08. The SMILES string of the molecule is CCCCOc1ccc(Br)cc1C(=O)NC(=S)Nc1cc(NC(=O)CCC)ccc1Cl. The molecule has 0 radical (unpaired) electrons. The average Bonchev–Trinajstić information content (AvgIpc) is 2.71. The maximum atomic E-state index is 12.8. The summed E-state index contributed by atoms with van der Waals surface area (Å²) in [6, 6.07) is 10.2. The third-order valence-electron chi connectivity index (χ3n) is 4.14. The second-order valence-electron chi connectivity index (χ2n) is 6.74. The highest BCUT2D eigenvalue weighted by Crippen LogP contribution is 2.26. The van der Waals surface area contributed by atoms with Gasteiger partial charge in [-0.15, -0.1) is 0 Å². The van der Waals surface area contributed by atoms with Crippen molar-refractivity contribution in [3.05, 3.63) is 51.5 Å². The second kappa shape index (κ2) is 12.6. The van der Waals surface area contributed by atoms with Crippen molar-refractivity contribution in [3.8, 4) is 5.75 Å². The second-order valence-corrected chi connectivity index (χ2v) is 8.47. The summed E-state index contributed by atoms with van der Waals surface area (Å²) in [6.07, 6.45) is 3.06. The van der Waals surface area contributed by atoms with Gasteiger partial charge in [-0.25, -0.2) is 0 Å². The average molecular weight is 527 g/mol. The van der Waals surface area contributed by atoms with E-state index in [0.717, 1.165) is 23.7 Å². The number of nitrogens with one attached hydrogen (secondary N) is 3. The molecule has 31 heavy (non-hydrogen) atoms. The first-order chi connectivity index (χ1) is 14.8. The number of hydrogen-bond acceptors (Lipinski definition) is 4. The van der Waals surface area contributed by atoms with E-state index in [-0.39, 0.29) is 11.0 Å². The van der Waals surface area contributed by atoms with E-state index >= 15 is 0 Å². The highest BCUT2D eigenvalue weighted by molar-refractivity contribution is 9.10. The van der Waals surface area contributed by atoms with Gasteiger partial charge in [-0.05, 0) is 61.5 Å². The first-order valence-electron chi connectivity index (χ1n) is 9.98. The molecule has 0 fully saturated rings. The molecule has 3 N–H and O–H groups in total. The monoisotopic (exact) mass is 525 g/mol. The van der Waals surface area contributed by atoms with E-state index in [4.69, 9.17) is 28.6 Å². The Kier molecular flexibility index (Phi) is 10.2. The van der Waals surface area contributed by atoms with E-state index in [9.17, 15) is 9.59 Å². The van der Waals surface area contributed by atoms with Crippen LogP contribution in [0.3, 0.4) is 0 Å². The predicted octanol–water partition coefficient (Wildman–Crippen LogP) is 6.15. The van der Waals surface area contributed by atoms with Crippen LogP contribution in [0.5, 0.6) is 5.75 Å². The number of halogens is 2. The van der Waals surface area contributed by atoms with Crippen molar-refractivity contribution in [2.45, 2.75) is 39.5 Å². The summed E-state index contributed by atoms with van der Waals surface area (Å²) in [4.78, 5) is 24.6. The maximum Gasteiger partial charge on any atom is 0.261 e. The number of thiocarbonyl (C=S) groups is 1. The minimum Gasteiger partial charge on any atom is -0.493 e. The maximum absolute atomic E-state index is 12.8. The first kappa shape index (κ1) is 25.1. The van der Waals surface area contributed by atoms with Crippen molar-refractivity contribution in [1.82, 2.24) is 5.32 Å². The number of unbranched alkanes of at least 4 members (excludes halogenated alkanes) is 1. The Labute approximate surface area is 201 Å². The van der Waals surface area contributed by atoms with Crippen molar-refractivity contribution in [1.29, 1.82) is 0 Å². The third kappa shape index (κ3) is 8.12. The number of carbonyl (C=O) groups is 2. The zero-order valence-electron chi connectivity index (χ0n) is 17.4. The summed E-state index contributed by atoms with van der Waals surface area (Å²) in [5, 5.41) is 8.82. The van der Waals surface area contributed by atoms with Crippen molar-refractivity contribution < 1.29 is 14.3 Å². The molecule has 166 valence electrons. The van der Waals surface area contributed by atoms with Crippen LogP contribution in [-0.2, 0) is 4.79 Å². The molecule has 0 aliphatic carbocycles. The Morgan fingerprint density at radius 1 is 1.10 bits per heavy atom. The lowest BCUT2D eigenvalue weighted by molar-refractivity contribution is -0.116. The van der Waals surface area contributed by atoms with Gasteiger partial charge in [0.05, 0.1) is 22.9 Å². The van der Waals surface area contributed by atoms with Gasteiger partial charge in [0, 0.05) is 16.6 Å². The summed E-state index contributed by atoms with van der Waals surface area (Å²) < 4.78 is 6.49. The zero-order chi connectivity index (χ0) is 22.8. The smallest absolute Gasteiger partial charge is 0.261 e. The molecule has 2 aromatic rings. The number of rotatable bonds is 9. The number of carbonyl (C=O) groups excluding carboxylic acids is 2. The lowest BCUT2D eigenvalue weighted by atomic mass is 10.2. The topological polar surface area (TPSA) is 79.5 Å². The van der Waals surface area contributed by atoms with Gasteiger partial charge in [-0.3, -0.25) is 14.9 Å². The summed E-state index contributed by atoms with van der Waals surface area (Å²) in [7, 11) is 0. The van der Waals surface area contributed by atoms with Crippen LogP contribution in [0.4, 0.5) is 11.4 Å². The molecule has 0 aliphatic rings. The van der Waals surface area contributed by atoms with Crippen molar-refractivity contribution >= 4 is 68.1 Å². The van der Waals surface area contributed by atoms with Gasteiger partial charge < -0.3 is 15.4 Å². The first-order valence-corrected chi connectivity index (χ1v) is 11.6. The molecule has 2 amide bonds. The van der Waals surface area contributed by atoms with Crippen LogP contribution < -0.4 is 20.7 Å². The predicted molar refractivity (Wildman–Crippen MR) is 133 cm³/mol. The molecule has 0 unspecified atom stereocenters. The Bertz CT molecular complexity index is 956. The van der Waals surface area contributed by atoms with E-state index in [1.165, 1.54) is 0 Å². The summed E-state index contributed by atoms with van der Waals surface area (Å²) >= 11 is 14.9. The molecule has 2 aromatic carbocycles. The van der Waals surface area contributed by atoms with E-state index in [2.05, 4.69) is 38.8 Å². The lowest BCUT2D eigenvalue weighted by Gasteiger charge is -2.15. The highest BCUT2D eigenvalue weighted by Gasteiger charge is 2.16. The molecular formula is C22H25BrClN3O3S. The van der Waals surface area contributed by atoms with Gasteiger partial charge in [0.2, 0.25) is 5.91 Å². The third-order valence-corrected chi connectivity index (χ3v) is 5.17. The number of anilines is 2. The lowest BCUT2D eigenvalue weighted by Crippen LogP contribution is -2.34. The fourth-order valence-electron chi connectivity index (χ4n) is 2.61. The van der Waals surface area contributed by atoms with E-state index in [1.54, 1.807) is 30.3 Å². The normalized spacial score (nSPS) is 10.3. The molecule has 0 atom stereocenters. The summed E-state index contributed by atoms with van der Waals surface area (Å²) in [5.41, 5.74) is 1.41. The van der Waals surface area contributed by atoms with Crippen LogP contribution >= 0.6 is 39.7 Å². The van der Waals surface area contributed by atoms with Crippen LogP contribution in [0, 0.1) is 0 Å². The number of benzene rings is 2. The van der Waals surface area contributed by atoms with Crippen LogP contribution in [0.2, 0.25) is 5.02 Å². The van der Waals surface area contributed by atoms with E-state index < -0.39 is 5.91 Å². The molecule has 0 spiro atoms. The Morgan fingerprint density at radius 3 is 2.58 bits per heavy atom. The molecule has 0 bridgehead atoms. The van der Waals surface area contributed by atoms with Crippen molar-refractivity contribution in [2.75, 3.05) is 17.2 Å². The zero-order valence-corrected chi connectivity index (χ0v) is 20.5. The van der Waals surface area contributed by atoms with Crippen LogP contribution in [0.15, 0.2) is 40.9 Å². The number of ether oxygens (including phenoxy) is 1. The van der Waals surface area contributed by atoms with Crippen molar-refractivity contribution in [3.63, 3.8) is 0 Å². The Morgan fingerprint density at radius 2 is 1.87 bits per heavy atom. The largest absolute Gasteiger partial charge is 0.493 e. The summed E-state index contributed by atoms with van der Waals surface area (Å²) in [6.45, 7) is 4.52. The molecule has 6 nitrogen and oxygen atoms in total. The minimum atomic E-state index is -0.408. The fraction of sp³-hybridized carbons (Fsp3) is 0.318. The molecule has 0 heterocycles. The molecule has 0 aromatic heterocycles. The van der Waals surface area contributed by atoms with E-state index in [0.29, 0.717) is 40.7 Å². The fourth-order valence-corrected chi connectivity index (χ4v) is 3.33. The van der Waals surface area contributed by atoms with Gasteiger partial charge in [-0.1, -0.05) is 47.8 Å². The van der Waals surface area contributed by atoms with Gasteiger partial charge in [0.25, 0.3) is 5.91 Å². The minimum absolute atomic E-state index is 0.0726. The van der Waals surface area contributed by atoms with E-state index in [1.807, 2.05) is 13.0 Å². The highest BCUT2D eigenvalue weighted by atomic mass is 79.9. The van der Waals surface area contributed by atoms with Gasteiger partial charge in [0.15, 0.2) is 5.11 Å². The quantitative estimate of drug-likeness (QED) is 0.270. The van der Waals surface area contributed by atoms with Crippen molar-refractivity contribution in [2.24, 2.45) is 0 Å². The Hall–Kier alpha value is -2.16.